The highest BCUT2D eigenvalue weighted by atomic mass is 19.1. The molecule has 1 aromatic carbocycles. The average Bonchev–Trinajstić information content (AvgIpc) is 2.41. The van der Waals surface area contributed by atoms with Crippen molar-refractivity contribution < 1.29 is 19.1 Å². The van der Waals surface area contributed by atoms with Crippen LogP contribution in [0.5, 0.6) is 0 Å². The molecule has 0 saturated heterocycles. The van der Waals surface area contributed by atoms with Gasteiger partial charge in [0.1, 0.15) is 17.1 Å². The fourth-order valence-corrected chi connectivity index (χ4v) is 1.66. The van der Waals surface area contributed by atoms with E-state index in [4.69, 9.17) is 5.11 Å². The second kappa shape index (κ2) is 5.53. The Labute approximate surface area is 117 Å². The van der Waals surface area contributed by atoms with E-state index in [1.54, 1.807) is 0 Å². The standard InChI is InChI=1S/C13H10FN3O4/c1-17-10(18)6-5-9(16-17)12(19)15-8-4-2-3-7(14)11(8)13(20)21/h2-6H,1H3,(H,15,19)(H,20,21). The van der Waals surface area contributed by atoms with E-state index in [2.05, 4.69) is 10.4 Å². The van der Waals surface area contributed by atoms with E-state index in [0.29, 0.717) is 0 Å². The van der Waals surface area contributed by atoms with E-state index in [-0.39, 0.29) is 11.4 Å². The fourth-order valence-electron chi connectivity index (χ4n) is 1.66. The molecule has 0 aliphatic rings. The van der Waals surface area contributed by atoms with Crippen molar-refractivity contribution in [2.75, 3.05) is 5.32 Å². The monoisotopic (exact) mass is 291 g/mol. The van der Waals surface area contributed by atoms with Crippen LogP contribution in [-0.4, -0.2) is 26.8 Å². The summed E-state index contributed by atoms with van der Waals surface area (Å²) >= 11 is 0. The van der Waals surface area contributed by atoms with Gasteiger partial charge in [0.05, 0.1) is 5.69 Å². The van der Waals surface area contributed by atoms with E-state index >= 15 is 0 Å². The summed E-state index contributed by atoms with van der Waals surface area (Å²) in [6.07, 6.45) is 0. The van der Waals surface area contributed by atoms with Gasteiger partial charge >= 0.3 is 5.97 Å². The molecule has 8 heteroatoms. The normalized spacial score (nSPS) is 10.2. The molecule has 0 aliphatic carbocycles. The quantitative estimate of drug-likeness (QED) is 0.873. The number of carbonyl (C=O) groups is 2. The van der Waals surface area contributed by atoms with Gasteiger partial charge in [-0.1, -0.05) is 6.07 Å². The Morgan fingerprint density at radius 2 is 2.00 bits per heavy atom. The van der Waals surface area contributed by atoms with Gasteiger partial charge in [-0.05, 0) is 18.2 Å². The number of aryl methyl sites for hydroxylation is 1. The second-order valence-electron chi connectivity index (χ2n) is 4.10. The maximum absolute atomic E-state index is 13.5. The van der Waals surface area contributed by atoms with Crippen molar-refractivity contribution in [1.82, 2.24) is 9.78 Å². The minimum Gasteiger partial charge on any atom is -0.478 e. The lowest BCUT2D eigenvalue weighted by atomic mass is 10.1. The minimum atomic E-state index is -1.50. The van der Waals surface area contributed by atoms with Crippen molar-refractivity contribution in [2.24, 2.45) is 7.05 Å². The van der Waals surface area contributed by atoms with Gasteiger partial charge in [0, 0.05) is 13.1 Å². The molecular formula is C13H10FN3O4. The number of nitrogens with one attached hydrogen (secondary N) is 1. The molecule has 1 amide bonds. The third-order valence-corrected chi connectivity index (χ3v) is 2.67. The summed E-state index contributed by atoms with van der Waals surface area (Å²) in [4.78, 5) is 34.1. The van der Waals surface area contributed by atoms with Gasteiger partial charge in [0.15, 0.2) is 0 Å². The number of aromatic carboxylic acids is 1. The van der Waals surface area contributed by atoms with Crippen molar-refractivity contribution in [3.63, 3.8) is 0 Å². The molecule has 2 aromatic rings. The van der Waals surface area contributed by atoms with Gasteiger partial charge in [-0.3, -0.25) is 9.59 Å². The predicted octanol–water partition coefficient (Wildman–Crippen LogP) is 0.870. The summed E-state index contributed by atoms with van der Waals surface area (Å²) in [6, 6.07) is 5.84. The number of nitrogens with zero attached hydrogens (tertiary/aromatic N) is 2. The summed E-state index contributed by atoms with van der Waals surface area (Å²) in [5.41, 5.74) is -1.33. The van der Waals surface area contributed by atoms with E-state index in [1.807, 2.05) is 0 Å². The molecule has 21 heavy (non-hydrogen) atoms. The van der Waals surface area contributed by atoms with Crippen LogP contribution in [0.25, 0.3) is 0 Å². The van der Waals surface area contributed by atoms with E-state index in [0.717, 1.165) is 16.8 Å². The van der Waals surface area contributed by atoms with Crippen LogP contribution >= 0.6 is 0 Å². The predicted molar refractivity (Wildman–Crippen MR) is 70.8 cm³/mol. The molecule has 0 atom stereocenters. The largest absolute Gasteiger partial charge is 0.478 e. The molecule has 2 N–H and O–H groups in total. The zero-order valence-corrected chi connectivity index (χ0v) is 10.8. The third kappa shape index (κ3) is 2.94. The molecule has 0 fully saturated rings. The Balaban J connectivity index is 2.36. The molecule has 0 bridgehead atoms. The number of hydrogen-bond donors (Lipinski definition) is 2. The number of halogens is 1. The number of carboxylic acids is 1. The summed E-state index contributed by atoms with van der Waals surface area (Å²) in [6.45, 7) is 0. The molecular weight excluding hydrogens is 281 g/mol. The van der Waals surface area contributed by atoms with Crippen LogP contribution in [0, 0.1) is 5.82 Å². The number of rotatable bonds is 3. The molecule has 108 valence electrons. The van der Waals surface area contributed by atoms with E-state index in [1.165, 1.54) is 25.2 Å². The van der Waals surface area contributed by atoms with Crippen molar-refractivity contribution >= 4 is 17.6 Å². The van der Waals surface area contributed by atoms with Crippen LogP contribution in [0.15, 0.2) is 35.1 Å². The lowest BCUT2D eigenvalue weighted by molar-refractivity contribution is 0.0693. The topological polar surface area (TPSA) is 101 Å². The number of carbonyl (C=O) groups excluding carboxylic acids is 1. The lowest BCUT2D eigenvalue weighted by Gasteiger charge is -2.09. The maximum atomic E-state index is 13.5. The molecule has 0 spiro atoms. The van der Waals surface area contributed by atoms with E-state index in [9.17, 15) is 18.8 Å². The molecule has 7 nitrogen and oxygen atoms in total. The number of anilines is 1. The van der Waals surface area contributed by atoms with Crippen LogP contribution < -0.4 is 10.9 Å². The van der Waals surface area contributed by atoms with Gasteiger partial charge < -0.3 is 10.4 Å². The number of amides is 1. The van der Waals surface area contributed by atoms with Crippen molar-refractivity contribution in [3.05, 3.63) is 57.8 Å². The van der Waals surface area contributed by atoms with E-state index < -0.39 is 28.8 Å². The first kappa shape index (κ1) is 14.4. The summed E-state index contributed by atoms with van der Waals surface area (Å²) in [5.74, 6) is -3.22. The number of hydrogen-bond acceptors (Lipinski definition) is 4. The smallest absolute Gasteiger partial charge is 0.340 e. The SMILES string of the molecule is Cn1nc(C(=O)Nc2cccc(F)c2C(=O)O)ccc1=O. The van der Waals surface area contributed by atoms with Gasteiger partial charge in [0.25, 0.3) is 11.5 Å². The maximum Gasteiger partial charge on any atom is 0.340 e. The highest BCUT2D eigenvalue weighted by molar-refractivity contribution is 6.06. The second-order valence-corrected chi connectivity index (χ2v) is 4.10. The zero-order chi connectivity index (χ0) is 15.6. The molecule has 2 rings (SSSR count). The van der Waals surface area contributed by atoms with Crippen LogP contribution in [0.1, 0.15) is 20.8 Å². The zero-order valence-electron chi connectivity index (χ0n) is 10.8. The Kier molecular flexibility index (Phi) is 3.79. The van der Waals surface area contributed by atoms with Gasteiger partial charge in [-0.25, -0.2) is 13.9 Å². The van der Waals surface area contributed by atoms with Crippen LogP contribution in [0.3, 0.4) is 0 Å². The summed E-state index contributed by atoms with van der Waals surface area (Å²) in [7, 11) is 1.37. The lowest BCUT2D eigenvalue weighted by Crippen LogP contribution is -2.24. The van der Waals surface area contributed by atoms with Gasteiger partial charge in [-0.15, -0.1) is 0 Å². The van der Waals surface area contributed by atoms with Crippen molar-refractivity contribution in [2.45, 2.75) is 0 Å². The Morgan fingerprint density at radius 3 is 2.62 bits per heavy atom. The summed E-state index contributed by atoms with van der Waals surface area (Å²) < 4.78 is 14.4. The first-order valence-corrected chi connectivity index (χ1v) is 5.77. The van der Waals surface area contributed by atoms with Crippen molar-refractivity contribution in [3.8, 4) is 0 Å². The molecule has 0 unspecified atom stereocenters. The highest BCUT2D eigenvalue weighted by Crippen LogP contribution is 2.19. The van der Waals surface area contributed by atoms with Gasteiger partial charge in [0.2, 0.25) is 0 Å². The fraction of sp³-hybridized carbons (Fsp3) is 0.0769. The molecule has 1 heterocycles. The Bertz CT molecular complexity index is 785. The first-order chi connectivity index (χ1) is 9.90. The van der Waals surface area contributed by atoms with Crippen molar-refractivity contribution in [1.29, 1.82) is 0 Å². The third-order valence-electron chi connectivity index (χ3n) is 2.67. The number of aromatic nitrogens is 2. The number of benzene rings is 1. The van der Waals surface area contributed by atoms with Crippen LogP contribution in [0.4, 0.5) is 10.1 Å². The Hall–Kier alpha value is -3.03. The molecule has 0 saturated carbocycles. The number of carboxylic acid groups (broad SMARTS) is 1. The highest BCUT2D eigenvalue weighted by Gasteiger charge is 2.18. The van der Waals surface area contributed by atoms with Crippen LogP contribution in [0.2, 0.25) is 0 Å². The average molecular weight is 291 g/mol. The minimum absolute atomic E-state index is 0.0994. The van der Waals surface area contributed by atoms with Gasteiger partial charge in [-0.2, -0.15) is 5.10 Å². The molecule has 0 aliphatic heterocycles. The summed E-state index contributed by atoms with van der Waals surface area (Å²) in [5, 5.41) is 14.9. The first-order valence-electron chi connectivity index (χ1n) is 5.77. The Morgan fingerprint density at radius 1 is 1.29 bits per heavy atom. The molecule has 0 radical (unpaired) electrons. The van der Waals surface area contributed by atoms with Crippen LogP contribution in [-0.2, 0) is 7.05 Å². The molecule has 1 aromatic heterocycles.